The number of benzene rings is 3. The van der Waals surface area contributed by atoms with Gasteiger partial charge >= 0.3 is 0 Å². The van der Waals surface area contributed by atoms with Crippen LogP contribution in [0.4, 0.5) is 5.69 Å². The van der Waals surface area contributed by atoms with Crippen molar-refractivity contribution in [3.63, 3.8) is 0 Å². The first kappa shape index (κ1) is 29.8. The van der Waals surface area contributed by atoms with Crippen LogP contribution in [0.3, 0.4) is 0 Å². The van der Waals surface area contributed by atoms with Crippen LogP contribution >= 0.6 is 0 Å². The minimum atomic E-state index is -4.16. The van der Waals surface area contributed by atoms with Gasteiger partial charge in [-0.2, -0.15) is 13.7 Å². The third kappa shape index (κ3) is 6.39. The van der Waals surface area contributed by atoms with E-state index in [1.807, 2.05) is 0 Å². The second kappa shape index (κ2) is 12.3. The first-order chi connectivity index (χ1) is 20.6. The van der Waals surface area contributed by atoms with Crippen LogP contribution in [0, 0.1) is 10.1 Å². The zero-order valence-electron chi connectivity index (χ0n) is 22.4. The normalized spacial score (nSPS) is 16.7. The third-order valence-electron chi connectivity index (χ3n) is 6.68. The Morgan fingerprint density at radius 1 is 0.860 bits per heavy atom. The molecule has 222 valence electrons. The van der Waals surface area contributed by atoms with Gasteiger partial charge in [-0.05, 0) is 48.5 Å². The molecule has 4 aromatic rings. The van der Waals surface area contributed by atoms with E-state index in [-0.39, 0.29) is 34.3 Å². The van der Waals surface area contributed by atoms with Gasteiger partial charge in [0, 0.05) is 37.3 Å². The molecule has 1 saturated heterocycles. The summed E-state index contributed by atoms with van der Waals surface area (Å²) in [5, 5.41) is 14.8. The van der Waals surface area contributed by atoms with Gasteiger partial charge in [0.2, 0.25) is 20.0 Å². The number of furan rings is 1. The number of nitro groups is 1. The maximum Gasteiger partial charge on any atom is 0.269 e. The van der Waals surface area contributed by atoms with Crippen molar-refractivity contribution in [2.75, 3.05) is 19.6 Å². The molecule has 1 aromatic heterocycles. The first-order valence-electron chi connectivity index (χ1n) is 12.9. The summed E-state index contributed by atoms with van der Waals surface area (Å²) in [5.41, 5.74) is 2.82. The fourth-order valence-electron chi connectivity index (χ4n) is 4.49. The molecule has 15 heteroatoms. The van der Waals surface area contributed by atoms with Crippen LogP contribution < -0.4 is 5.43 Å². The fourth-order valence-corrected chi connectivity index (χ4v) is 7.54. The first-order valence-corrected chi connectivity index (χ1v) is 15.7. The lowest BCUT2D eigenvalue weighted by Gasteiger charge is -2.38. The van der Waals surface area contributed by atoms with Crippen molar-refractivity contribution in [1.82, 2.24) is 14.0 Å². The van der Waals surface area contributed by atoms with Crippen LogP contribution in [0.5, 0.6) is 0 Å². The third-order valence-corrected chi connectivity index (χ3v) is 10.5. The Bertz CT molecular complexity index is 1860. The van der Waals surface area contributed by atoms with E-state index in [0.717, 1.165) is 8.61 Å². The number of piperazine rings is 1. The number of non-ortho nitro benzene ring substituents is 1. The molecule has 13 nitrogen and oxygen atoms in total. The van der Waals surface area contributed by atoms with Gasteiger partial charge in [-0.1, -0.05) is 36.4 Å². The second-order valence-electron chi connectivity index (χ2n) is 9.36. The largest absolute Gasteiger partial charge is 0.455 e. The smallest absolute Gasteiger partial charge is 0.269 e. The molecule has 0 radical (unpaired) electrons. The van der Waals surface area contributed by atoms with Crippen molar-refractivity contribution < 1.29 is 31.0 Å². The minimum absolute atomic E-state index is 0.0215. The zero-order valence-corrected chi connectivity index (χ0v) is 24.0. The predicted molar refractivity (Wildman–Crippen MR) is 156 cm³/mol. The van der Waals surface area contributed by atoms with Gasteiger partial charge in [-0.15, -0.1) is 0 Å². The molecule has 43 heavy (non-hydrogen) atoms. The number of rotatable bonds is 9. The van der Waals surface area contributed by atoms with E-state index < -0.39 is 43.5 Å². The maximum atomic E-state index is 13.5. The molecule has 0 spiro atoms. The minimum Gasteiger partial charge on any atom is -0.455 e. The number of hydrazone groups is 1. The van der Waals surface area contributed by atoms with Crippen LogP contribution in [-0.2, 0) is 24.8 Å². The molecule has 1 fully saturated rings. The van der Waals surface area contributed by atoms with Crippen molar-refractivity contribution in [3.05, 3.63) is 113 Å². The van der Waals surface area contributed by atoms with E-state index in [4.69, 9.17) is 4.42 Å². The number of carbonyl (C=O) groups is 1. The zero-order chi connectivity index (χ0) is 30.6. The van der Waals surface area contributed by atoms with Gasteiger partial charge < -0.3 is 4.42 Å². The van der Waals surface area contributed by atoms with Crippen LogP contribution in [0.2, 0.25) is 0 Å². The number of carbonyl (C=O) groups excluding carboxylic acids is 1. The summed E-state index contributed by atoms with van der Waals surface area (Å²) in [6, 6.07) is 22.7. The number of nitrogens with one attached hydrogen (secondary N) is 1. The molecule has 0 saturated carbocycles. The Balaban J connectivity index is 1.36. The highest BCUT2D eigenvalue weighted by Crippen LogP contribution is 2.26. The van der Waals surface area contributed by atoms with Crippen molar-refractivity contribution in [2.45, 2.75) is 15.8 Å². The van der Waals surface area contributed by atoms with Crippen LogP contribution in [0.15, 0.2) is 116 Å². The van der Waals surface area contributed by atoms with Crippen molar-refractivity contribution >= 4 is 37.9 Å². The van der Waals surface area contributed by atoms with Gasteiger partial charge in [0.1, 0.15) is 17.6 Å². The molecule has 1 amide bonds. The van der Waals surface area contributed by atoms with Crippen LogP contribution in [0.25, 0.3) is 11.3 Å². The maximum absolute atomic E-state index is 13.5. The number of nitro benzene ring substituents is 1. The Morgan fingerprint density at radius 3 is 2.07 bits per heavy atom. The molecule has 0 aliphatic carbocycles. The summed E-state index contributed by atoms with van der Waals surface area (Å²) in [4.78, 5) is 23.7. The number of amides is 1. The molecule has 0 unspecified atom stereocenters. The quantitative estimate of drug-likeness (QED) is 0.168. The highest BCUT2D eigenvalue weighted by atomic mass is 32.2. The molecule has 1 atom stereocenters. The molecule has 1 aliphatic rings. The Labute approximate surface area is 247 Å². The van der Waals surface area contributed by atoms with Gasteiger partial charge in [-0.3, -0.25) is 14.9 Å². The number of sulfonamides is 2. The van der Waals surface area contributed by atoms with Gasteiger partial charge in [0.25, 0.3) is 11.6 Å². The SMILES string of the molecule is O=C(N/N=C\c1ccc(-c2ccc([N+](=O)[O-])cc2)o1)[C@H]1CN(S(=O)(=O)c2ccccc2)CCN1S(=O)(=O)c1ccccc1. The Kier molecular flexibility index (Phi) is 8.50. The summed E-state index contributed by atoms with van der Waals surface area (Å²) < 4.78 is 61.4. The van der Waals surface area contributed by atoms with Crippen molar-refractivity contribution in [3.8, 4) is 11.3 Å². The summed E-state index contributed by atoms with van der Waals surface area (Å²) in [6.45, 7) is -0.855. The molecule has 3 aromatic carbocycles. The lowest BCUT2D eigenvalue weighted by atomic mass is 10.1. The Morgan fingerprint density at radius 2 is 1.47 bits per heavy atom. The second-order valence-corrected chi connectivity index (χ2v) is 13.2. The van der Waals surface area contributed by atoms with E-state index in [0.29, 0.717) is 11.3 Å². The van der Waals surface area contributed by atoms with E-state index in [9.17, 15) is 31.7 Å². The average Bonchev–Trinajstić information content (AvgIpc) is 3.50. The monoisotopic (exact) mass is 623 g/mol. The molecule has 5 rings (SSSR count). The molecule has 2 heterocycles. The number of hydrogen-bond acceptors (Lipinski definition) is 9. The average molecular weight is 624 g/mol. The highest BCUT2D eigenvalue weighted by Gasteiger charge is 2.43. The standard InChI is InChI=1S/C28H25N5O8S2/c34-28(30-29-19-23-15-16-27(41-23)21-11-13-22(14-12-21)33(35)36)26-20-31(42(37,38)24-7-3-1-4-8-24)17-18-32(26)43(39,40)25-9-5-2-6-10-25/h1-16,19,26H,17-18,20H2,(H,30,34)/b29-19-/t26-/m1/s1. The number of hydrogen-bond donors (Lipinski definition) is 1. The molecular formula is C28H25N5O8S2. The summed E-state index contributed by atoms with van der Waals surface area (Å²) in [5.74, 6) is -0.206. The number of nitrogens with zero attached hydrogens (tertiary/aromatic N) is 4. The molecule has 1 aliphatic heterocycles. The fraction of sp³-hybridized carbons (Fsp3) is 0.143. The van der Waals surface area contributed by atoms with E-state index >= 15 is 0 Å². The van der Waals surface area contributed by atoms with Crippen LogP contribution in [0.1, 0.15) is 5.76 Å². The lowest BCUT2D eigenvalue weighted by molar-refractivity contribution is -0.384. The lowest BCUT2D eigenvalue weighted by Crippen LogP contribution is -2.60. The molecular weight excluding hydrogens is 598 g/mol. The topological polar surface area (TPSA) is 172 Å². The van der Waals surface area contributed by atoms with E-state index in [1.165, 1.54) is 54.7 Å². The van der Waals surface area contributed by atoms with Crippen molar-refractivity contribution in [2.24, 2.45) is 5.10 Å². The van der Waals surface area contributed by atoms with E-state index in [2.05, 4.69) is 10.5 Å². The Hall–Kier alpha value is -4.70. The summed E-state index contributed by atoms with van der Waals surface area (Å²) in [7, 11) is -8.18. The summed E-state index contributed by atoms with van der Waals surface area (Å²) >= 11 is 0. The highest BCUT2D eigenvalue weighted by molar-refractivity contribution is 7.89. The summed E-state index contributed by atoms with van der Waals surface area (Å²) in [6.07, 6.45) is 1.20. The predicted octanol–water partition coefficient (Wildman–Crippen LogP) is 3.07. The van der Waals surface area contributed by atoms with Gasteiger partial charge in [0.15, 0.2) is 0 Å². The van der Waals surface area contributed by atoms with Gasteiger partial charge in [-0.25, -0.2) is 22.3 Å². The van der Waals surface area contributed by atoms with Crippen molar-refractivity contribution in [1.29, 1.82) is 0 Å². The van der Waals surface area contributed by atoms with Crippen LogP contribution in [-0.4, -0.2) is 68.2 Å². The molecule has 0 bridgehead atoms. The molecule has 1 N–H and O–H groups in total. The van der Waals surface area contributed by atoms with E-state index in [1.54, 1.807) is 48.5 Å². The van der Waals surface area contributed by atoms with Gasteiger partial charge in [0.05, 0.1) is 20.9 Å².